The lowest BCUT2D eigenvalue weighted by atomic mass is 10.2. The molecule has 0 aromatic heterocycles. The smallest absolute Gasteiger partial charge is 0.343 e. The third kappa shape index (κ3) is 2.94. The molecule has 0 N–H and O–H groups in total. The third-order valence-corrected chi connectivity index (χ3v) is 1.96. The minimum absolute atomic E-state index is 0.0783. The Morgan fingerprint density at radius 2 is 2.19 bits per heavy atom. The van der Waals surface area contributed by atoms with Crippen molar-refractivity contribution in [3.63, 3.8) is 0 Å². The Hall–Kier alpha value is -2.11. The first-order valence-electron chi connectivity index (χ1n) is 4.49. The van der Waals surface area contributed by atoms with Gasteiger partial charge in [0.2, 0.25) is 0 Å². The predicted octanol–water partition coefficient (Wildman–Crippen LogP) is 1.46. The first-order valence-corrected chi connectivity index (χ1v) is 4.49. The minimum Gasteiger partial charge on any atom is -0.481 e. The maximum absolute atomic E-state index is 10.8. The number of nitrogens with zero attached hydrogens (tertiary/aromatic N) is 1. The number of hydrogen-bond acceptors (Lipinski definition) is 5. The van der Waals surface area contributed by atoms with E-state index >= 15 is 0 Å². The van der Waals surface area contributed by atoms with E-state index in [0.29, 0.717) is 5.75 Å². The van der Waals surface area contributed by atoms with Crippen LogP contribution in [0.3, 0.4) is 0 Å². The molecule has 1 rings (SSSR count). The zero-order valence-electron chi connectivity index (χ0n) is 8.93. The first-order chi connectivity index (χ1) is 7.54. The highest BCUT2D eigenvalue weighted by molar-refractivity contribution is 5.71. The van der Waals surface area contributed by atoms with E-state index in [9.17, 15) is 14.9 Å². The van der Waals surface area contributed by atoms with Gasteiger partial charge in [-0.05, 0) is 18.6 Å². The van der Waals surface area contributed by atoms with E-state index < -0.39 is 10.9 Å². The van der Waals surface area contributed by atoms with Crippen molar-refractivity contribution >= 4 is 11.7 Å². The summed E-state index contributed by atoms with van der Waals surface area (Å²) in [6.07, 6.45) is 0. The van der Waals surface area contributed by atoms with Gasteiger partial charge in [-0.2, -0.15) is 0 Å². The van der Waals surface area contributed by atoms with E-state index in [1.54, 1.807) is 13.0 Å². The monoisotopic (exact) mass is 225 g/mol. The molecule has 1 aromatic carbocycles. The van der Waals surface area contributed by atoms with Crippen molar-refractivity contribution in [3.8, 4) is 5.75 Å². The SMILES string of the molecule is COC(=O)COc1cc([N+](=O)[O-])ccc1C. The molecule has 0 heterocycles. The maximum atomic E-state index is 10.8. The van der Waals surface area contributed by atoms with Crippen molar-refractivity contribution in [3.05, 3.63) is 33.9 Å². The van der Waals surface area contributed by atoms with Crippen molar-refractivity contribution in [1.29, 1.82) is 0 Å². The molecule has 1 aromatic rings. The first kappa shape index (κ1) is 12.0. The molecule has 0 unspecified atom stereocenters. The number of ether oxygens (including phenoxy) is 2. The van der Waals surface area contributed by atoms with E-state index in [4.69, 9.17) is 4.74 Å². The molecule has 0 saturated carbocycles. The number of rotatable bonds is 4. The third-order valence-electron chi connectivity index (χ3n) is 1.96. The van der Waals surface area contributed by atoms with E-state index in [2.05, 4.69) is 4.74 Å². The highest BCUT2D eigenvalue weighted by atomic mass is 16.6. The Balaban J connectivity index is 2.82. The van der Waals surface area contributed by atoms with Crippen molar-refractivity contribution in [2.75, 3.05) is 13.7 Å². The fourth-order valence-electron chi connectivity index (χ4n) is 1.05. The second-order valence-corrected chi connectivity index (χ2v) is 3.07. The Morgan fingerprint density at radius 1 is 1.50 bits per heavy atom. The van der Waals surface area contributed by atoms with Crippen LogP contribution in [0.2, 0.25) is 0 Å². The summed E-state index contributed by atoms with van der Waals surface area (Å²) in [7, 11) is 1.24. The number of nitro benzene ring substituents is 1. The summed E-state index contributed by atoms with van der Waals surface area (Å²) in [4.78, 5) is 20.8. The molecule has 0 amide bonds. The van der Waals surface area contributed by atoms with Crippen LogP contribution in [-0.2, 0) is 9.53 Å². The number of carbonyl (C=O) groups is 1. The fourth-order valence-corrected chi connectivity index (χ4v) is 1.05. The van der Waals surface area contributed by atoms with E-state index in [0.717, 1.165) is 5.56 Å². The molecule has 6 heteroatoms. The molecule has 0 radical (unpaired) electrons. The fraction of sp³-hybridized carbons (Fsp3) is 0.300. The quantitative estimate of drug-likeness (QED) is 0.440. The molecule has 0 spiro atoms. The molecule has 86 valence electrons. The lowest BCUT2D eigenvalue weighted by Crippen LogP contribution is -2.13. The van der Waals surface area contributed by atoms with Crippen LogP contribution in [0, 0.1) is 17.0 Å². The Kier molecular flexibility index (Phi) is 3.82. The average Bonchev–Trinajstić information content (AvgIpc) is 2.27. The van der Waals surface area contributed by atoms with Crippen LogP contribution in [0.1, 0.15) is 5.56 Å². The van der Waals surface area contributed by atoms with Crippen molar-refractivity contribution in [2.24, 2.45) is 0 Å². The van der Waals surface area contributed by atoms with Crippen LogP contribution in [-0.4, -0.2) is 24.6 Å². The van der Waals surface area contributed by atoms with Gasteiger partial charge in [0.15, 0.2) is 6.61 Å². The van der Waals surface area contributed by atoms with Gasteiger partial charge in [0.1, 0.15) is 5.75 Å². The van der Waals surface area contributed by atoms with Gasteiger partial charge in [0, 0.05) is 6.07 Å². The highest BCUT2D eigenvalue weighted by Crippen LogP contribution is 2.23. The van der Waals surface area contributed by atoms with Crippen molar-refractivity contribution in [1.82, 2.24) is 0 Å². The van der Waals surface area contributed by atoms with Crippen LogP contribution >= 0.6 is 0 Å². The summed E-state index contributed by atoms with van der Waals surface area (Å²) in [5.41, 5.74) is 0.639. The number of carbonyl (C=O) groups excluding carboxylic acids is 1. The lowest BCUT2D eigenvalue weighted by molar-refractivity contribution is -0.384. The zero-order chi connectivity index (χ0) is 12.1. The van der Waals surface area contributed by atoms with Crippen molar-refractivity contribution < 1.29 is 19.2 Å². The normalized spacial score (nSPS) is 9.62. The number of benzene rings is 1. The standard InChI is InChI=1S/C10H11NO5/c1-7-3-4-8(11(13)14)5-9(7)16-6-10(12)15-2/h3-5H,6H2,1-2H3. The largest absolute Gasteiger partial charge is 0.481 e. The summed E-state index contributed by atoms with van der Waals surface area (Å²) < 4.78 is 9.49. The molecule has 0 aliphatic carbocycles. The molecule has 0 fully saturated rings. The number of hydrogen-bond donors (Lipinski definition) is 0. The summed E-state index contributed by atoms with van der Waals surface area (Å²) >= 11 is 0. The Morgan fingerprint density at radius 3 is 2.75 bits per heavy atom. The number of esters is 1. The van der Waals surface area contributed by atoms with Gasteiger partial charge in [0.25, 0.3) is 5.69 Å². The molecule has 0 aliphatic rings. The molecule has 6 nitrogen and oxygen atoms in total. The summed E-state index contributed by atoms with van der Waals surface area (Å²) in [5, 5.41) is 10.5. The second-order valence-electron chi connectivity index (χ2n) is 3.07. The molecule has 0 bridgehead atoms. The van der Waals surface area contributed by atoms with Gasteiger partial charge in [0.05, 0.1) is 18.1 Å². The highest BCUT2D eigenvalue weighted by Gasteiger charge is 2.10. The molecule has 0 atom stereocenters. The van der Waals surface area contributed by atoms with Gasteiger partial charge < -0.3 is 9.47 Å². The molecule has 16 heavy (non-hydrogen) atoms. The predicted molar refractivity (Wildman–Crippen MR) is 55.3 cm³/mol. The van der Waals surface area contributed by atoms with Gasteiger partial charge >= 0.3 is 5.97 Å². The Bertz CT molecular complexity index is 416. The van der Waals surface area contributed by atoms with Crippen molar-refractivity contribution in [2.45, 2.75) is 6.92 Å². The number of non-ortho nitro benzene ring substituents is 1. The van der Waals surface area contributed by atoms with E-state index in [-0.39, 0.29) is 12.3 Å². The van der Waals surface area contributed by atoms with Crippen LogP contribution in [0.15, 0.2) is 18.2 Å². The van der Waals surface area contributed by atoms with Crippen LogP contribution in [0.25, 0.3) is 0 Å². The average molecular weight is 225 g/mol. The lowest BCUT2D eigenvalue weighted by Gasteiger charge is -2.07. The topological polar surface area (TPSA) is 78.7 Å². The summed E-state index contributed by atoms with van der Waals surface area (Å²) in [5.74, 6) is -0.231. The van der Waals surface area contributed by atoms with Crippen LogP contribution < -0.4 is 4.74 Å². The van der Waals surface area contributed by atoms with Gasteiger partial charge in [-0.15, -0.1) is 0 Å². The minimum atomic E-state index is -0.536. The second kappa shape index (κ2) is 5.11. The molecular formula is C10H11NO5. The number of nitro groups is 1. The summed E-state index contributed by atoms with van der Waals surface area (Å²) in [6.45, 7) is 1.47. The van der Waals surface area contributed by atoms with E-state index in [1.807, 2.05) is 0 Å². The van der Waals surface area contributed by atoms with Gasteiger partial charge in [-0.25, -0.2) is 4.79 Å². The van der Waals surface area contributed by atoms with Crippen LogP contribution in [0.4, 0.5) is 5.69 Å². The zero-order valence-corrected chi connectivity index (χ0v) is 8.93. The molecule has 0 aliphatic heterocycles. The number of aryl methyl sites for hydroxylation is 1. The summed E-state index contributed by atoms with van der Waals surface area (Å²) in [6, 6.07) is 4.21. The van der Waals surface area contributed by atoms with E-state index in [1.165, 1.54) is 19.2 Å². The molecule has 0 saturated heterocycles. The maximum Gasteiger partial charge on any atom is 0.343 e. The number of methoxy groups -OCH3 is 1. The molecular weight excluding hydrogens is 214 g/mol. The van der Waals surface area contributed by atoms with Crippen LogP contribution in [0.5, 0.6) is 5.75 Å². The van der Waals surface area contributed by atoms with Gasteiger partial charge in [-0.3, -0.25) is 10.1 Å². The Labute approximate surface area is 91.9 Å². The van der Waals surface area contributed by atoms with Gasteiger partial charge in [-0.1, -0.05) is 0 Å².